The molecule has 0 N–H and O–H groups in total. The van der Waals surface area contributed by atoms with E-state index < -0.39 is 5.60 Å². The van der Waals surface area contributed by atoms with Gasteiger partial charge in [0.15, 0.2) is 0 Å². The van der Waals surface area contributed by atoms with Gasteiger partial charge in [0.25, 0.3) is 0 Å². The van der Waals surface area contributed by atoms with Crippen molar-refractivity contribution in [1.82, 2.24) is 9.88 Å². The van der Waals surface area contributed by atoms with E-state index in [0.29, 0.717) is 5.56 Å². The minimum absolute atomic E-state index is 0.00563. The van der Waals surface area contributed by atoms with Gasteiger partial charge in [0.1, 0.15) is 11.4 Å². The fourth-order valence-electron chi connectivity index (χ4n) is 4.58. The molecule has 2 fully saturated rings. The highest BCUT2D eigenvalue weighted by Gasteiger charge is 2.45. The Morgan fingerprint density at radius 2 is 1.80 bits per heavy atom. The molecule has 1 aromatic heterocycles. The second-order valence-electron chi connectivity index (χ2n) is 9.18. The van der Waals surface area contributed by atoms with E-state index in [4.69, 9.17) is 9.47 Å². The molecule has 0 spiro atoms. The zero-order valence-electron chi connectivity index (χ0n) is 17.8. The lowest BCUT2D eigenvalue weighted by Gasteiger charge is -2.39. The number of pyridine rings is 1. The number of nitrogens with zero attached hydrogens (tertiary/aromatic N) is 2. The fourth-order valence-corrected chi connectivity index (χ4v) is 4.58. The monoisotopic (exact) mass is 412 g/mol. The molecule has 0 aliphatic carbocycles. The van der Waals surface area contributed by atoms with Crippen molar-refractivity contribution in [2.75, 3.05) is 0 Å². The molecule has 6 heteroatoms. The predicted molar refractivity (Wildman–Crippen MR) is 112 cm³/mol. The largest absolute Gasteiger partial charge is 0.444 e. The van der Waals surface area contributed by atoms with Gasteiger partial charge in [-0.05, 0) is 75.8 Å². The molecule has 2 bridgehead atoms. The molecule has 160 valence electrons. The third kappa shape index (κ3) is 4.48. The van der Waals surface area contributed by atoms with Crippen molar-refractivity contribution in [2.24, 2.45) is 0 Å². The lowest BCUT2D eigenvalue weighted by atomic mass is 9.99. The first kappa shape index (κ1) is 20.8. The average molecular weight is 413 g/mol. The van der Waals surface area contributed by atoms with E-state index in [-0.39, 0.29) is 36.7 Å². The number of amides is 1. The van der Waals surface area contributed by atoms with Gasteiger partial charge in [-0.25, -0.2) is 9.18 Å². The van der Waals surface area contributed by atoms with E-state index >= 15 is 0 Å². The van der Waals surface area contributed by atoms with Crippen LogP contribution in [0.25, 0.3) is 11.1 Å². The maximum absolute atomic E-state index is 14.6. The zero-order chi connectivity index (χ0) is 21.3. The highest BCUT2D eigenvalue weighted by atomic mass is 19.1. The Balaban J connectivity index is 1.43. The number of hydrogen-bond donors (Lipinski definition) is 0. The molecular formula is C24H29FN2O3. The van der Waals surface area contributed by atoms with Gasteiger partial charge in [-0.1, -0.05) is 12.1 Å². The summed E-state index contributed by atoms with van der Waals surface area (Å²) in [5.41, 5.74) is 1.80. The molecule has 0 saturated carbocycles. The van der Waals surface area contributed by atoms with Crippen molar-refractivity contribution in [3.63, 3.8) is 0 Å². The van der Waals surface area contributed by atoms with Gasteiger partial charge in [0.2, 0.25) is 0 Å². The van der Waals surface area contributed by atoms with Crippen LogP contribution in [0.4, 0.5) is 9.18 Å². The molecular weight excluding hydrogens is 383 g/mol. The Hall–Kier alpha value is -2.47. The molecule has 2 aliphatic rings. The molecule has 0 radical (unpaired) electrons. The molecule has 2 saturated heterocycles. The number of carbonyl (C=O) groups is 1. The van der Waals surface area contributed by atoms with Crippen LogP contribution in [-0.2, 0) is 16.1 Å². The highest BCUT2D eigenvalue weighted by molar-refractivity contribution is 5.70. The van der Waals surface area contributed by atoms with Crippen LogP contribution in [0.3, 0.4) is 0 Å². The van der Waals surface area contributed by atoms with Gasteiger partial charge in [-0.15, -0.1) is 0 Å². The number of ether oxygens (including phenoxy) is 2. The quantitative estimate of drug-likeness (QED) is 0.681. The molecule has 1 aromatic carbocycles. The van der Waals surface area contributed by atoms with Gasteiger partial charge in [0, 0.05) is 30.0 Å². The first-order valence-corrected chi connectivity index (χ1v) is 10.6. The van der Waals surface area contributed by atoms with Crippen molar-refractivity contribution in [3.05, 3.63) is 54.1 Å². The second kappa shape index (κ2) is 8.34. The van der Waals surface area contributed by atoms with Crippen molar-refractivity contribution in [3.8, 4) is 11.1 Å². The SMILES string of the molecule is CC(C)(C)OC(=O)N1[C@@H]2CC[C@H]1C[C@@H](OCc1c(F)cccc1-c1ccncc1)C2. The highest BCUT2D eigenvalue weighted by Crippen LogP contribution is 2.38. The summed E-state index contributed by atoms with van der Waals surface area (Å²) in [6.07, 6.45) is 6.62. The van der Waals surface area contributed by atoms with Crippen LogP contribution in [0.2, 0.25) is 0 Å². The van der Waals surface area contributed by atoms with E-state index in [9.17, 15) is 9.18 Å². The summed E-state index contributed by atoms with van der Waals surface area (Å²) in [6.45, 7) is 5.87. The number of carbonyl (C=O) groups excluding carboxylic acids is 1. The van der Waals surface area contributed by atoms with E-state index in [1.54, 1.807) is 18.5 Å². The van der Waals surface area contributed by atoms with Crippen molar-refractivity contribution >= 4 is 6.09 Å². The Labute approximate surface area is 177 Å². The van der Waals surface area contributed by atoms with Crippen LogP contribution >= 0.6 is 0 Å². The van der Waals surface area contributed by atoms with Crippen LogP contribution in [0.1, 0.15) is 52.0 Å². The molecule has 5 nitrogen and oxygen atoms in total. The number of hydrogen-bond acceptors (Lipinski definition) is 4. The average Bonchev–Trinajstić information content (AvgIpc) is 2.97. The lowest BCUT2D eigenvalue weighted by Crippen LogP contribution is -2.50. The molecule has 0 unspecified atom stereocenters. The summed E-state index contributed by atoms with van der Waals surface area (Å²) in [7, 11) is 0. The van der Waals surface area contributed by atoms with E-state index in [1.807, 2.05) is 43.9 Å². The summed E-state index contributed by atoms with van der Waals surface area (Å²) in [6, 6.07) is 9.10. The Morgan fingerprint density at radius 1 is 1.13 bits per heavy atom. The van der Waals surface area contributed by atoms with Crippen LogP contribution in [-0.4, -0.2) is 39.8 Å². The second-order valence-corrected chi connectivity index (χ2v) is 9.18. The maximum atomic E-state index is 14.6. The molecule has 1 amide bonds. The molecule has 2 aliphatic heterocycles. The molecule has 3 atom stereocenters. The third-order valence-corrected chi connectivity index (χ3v) is 5.87. The van der Waals surface area contributed by atoms with Gasteiger partial charge in [-0.3, -0.25) is 4.98 Å². The minimum atomic E-state index is -0.502. The van der Waals surface area contributed by atoms with Gasteiger partial charge < -0.3 is 14.4 Å². The number of fused-ring (bicyclic) bond motifs is 2. The van der Waals surface area contributed by atoms with Crippen LogP contribution in [0, 0.1) is 5.82 Å². The summed E-state index contributed by atoms with van der Waals surface area (Å²) in [5.74, 6) is -0.265. The smallest absolute Gasteiger partial charge is 0.410 e. The summed E-state index contributed by atoms with van der Waals surface area (Å²) in [5, 5.41) is 0. The number of aromatic nitrogens is 1. The normalized spacial score (nSPS) is 23.5. The Morgan fingerprint density at radius 3 is 2.43 bits per heavy atom. The molecule has 2 aromatic rings. The van der Waals surface area contributed by atoms with Crippen molar-refractivity contribution in [2.45, 2.75) is 76.9 Å². The zero-order valence-corrected chi connectivity index (χ0v) is 17.8. The summed E-state index contributed by atoms with van der Waals surface area (Å²) in [4.78, 5) is 18.6. The van der Waals surface area contributed by atoms with E-state index in [1.165, 1.54) is 6.07 Å². The number of piperidine rings is 1. The Bertz CT molecular complexity index is 883. The third-order valence-electron chi connectivity index (χ3n) is 5.87. The van der Waals surface area contributed by atoms with Gasteiger partial charge >= 0.3 is 6.09 Å². The first-order valence-electron chi connectivity index (χ1n) is 10.6. The van der Waals surface area contributed by atoms with Crippen molar-refractivity contribution < 1.29 is 18.7 Å². The van der Waals surface area contributed by atoms with Gasteiger partial charge in [-0.2, -0.15) is 0 Å². The predicted octanol–water partition coefficient (Wildman–Crippen LogP) is 5.33. The topological polar surface area (TPSA) is 51.7 Å². The number of benzene rings is 1. The molecule has 3 heterocycles. The van der Waals surface area contributed by atoms with Crippen LogP contribution in [0.15, 0.2) is 42.7 Å². The standard InChI is InChI=1S/C24H29FN2O3/c1-24(2,3)30-23(28)27-17-7-8-18(27)14-19(13-17)29-15-21-20(5-4-6-22(21)25)16-9-11-26-12-10-16/h4-6,9-12,17-19H,7-8,13-15H2,1-3H3/t17-,18+,19+. The first-order chi connectivity index (χ1) is 14.3. The molecule has 30 heavy (non-hydrogen) atoms. The number of halogens is 1. The summed E-state index contributed by atoms with van der Waals surface area (Å²) < 4.78 is 26.4. The minimum Gasteiger partial charge on any atom is -0.444 e. The van der Waals surface area contributed by atoms with Crippen molar-refractivity contribution in [1.29, 1.82) is 0 Å². The van der Waals surface area contributed by atoms with Crippen LogP contribution in [0.5, 0.6) is 0 Å². The van der Waals surface area contributed by atoms with Crippen LogP contribution < -0.4 is 0 Å². The van der Waals surface area contributed by atoms with E-state index in [0.717, 1.165) is 36.8 Å². The lowest BCUT2D eigenvalue weighted by molar-refractivity contribution is -0.0400. The van der Waals surface area contributed by atoms with E-state index in [2.05, 4.69) is 4.98 Å². The number of rotatable bonds is 4. The Kier molecular flexibility index (Phi) is 5.78. The van der Waals surface area contributed by atoms with Gasteiger partial charge in [0.05, 0.1) is 12.7 Å². The fraction of sp³-hybridized carbons (Fsp3) is 0.500. The summed E-state index contributed by atoms with van der Waals surface area (Å²) >= 11 is 0. The maximum Gasteiger partial charge on any atom is 0.410 e. The molecule has 4 rings (SSSR count).